The number of anilines is 1. The van der Waals surface area contributed by atoms with Crippen LogP contribution in [0, 0.1) is 0 Å². The van der Waals surface area contributed by atoms with E-state index in [4.69, 9.17) is 27.9 Å². The molecule has 0 heterocycles. The SMILES string of the molecule is COCc1ccccc1CNC(=O)Nc1ccc(Cl)cc1Cl. The Morgan fingerprint density at radius 2 is 1.86 bits per heavy atom. The predicted octanol–water partition coefficient (Wildman–Crippen LogP) is 4.46. The summed E-state index contributed by atoms with van der Waals surface area (Å²) in [5.41, 5.74) is 2.55. The average Bonchev–Trinajstić information content (AvgIpc) is 2.49. The van der Waals surface area contributed by atoms with Crippen LogP contribution in [-0.2, 0) is 17.9 Å². The van der Waals surface area contributed by atoms with Crippen molar-refractivity contribution in [3.8, 4) is 0 Å². The Bertz CT molecular complexity index is 662. The van der Waals surface area contributed by atoms with Crippen LogP contribution in [-0.4, -0.2) is 13.1 Å². The molecule has 6 heteroatoms. The molecule has 0 aliphatic carbocycles. The van der Waals surface area contributed by atoms with Gasteiger partial charge in [-0.2, -0.15) is 0 Å². The van der Waals surface area contributed by atoms with Crippen molar-refractivity contribution in [2.24, 2.45) is 0 Å². The van der Waals surface area contributed by atoms with E-state index in [0.717, 1.165) is 11.1 Å². The summed E-state index contributed by atoms with van der Waals surface area (Å²) < 4.78 is 5.14. The lowest BCUT2D eigenvalue weighted by molar-refractivity contribution is 0.184. The molecule has 4 nitrogen and oxygen atoms in total. The zero-order valence-electron chi connectivity index (χ0n) is 12.0. The van der Waals surface area contributed by atoms with Crippen LogP contribution >= 0.6 is 23.2 Å². The highest BCUT2D eigenvalue weighted by atomic mass is 35.5. The number of amides is 2. The van der Waals surface area contributed by atoms with Crippen LogP contribution < -0.4 is 10.6 Å². The maximum absolute atomic E-state index is 11.9. The Morgan fingerprint density at radius 1 is 1.14 bits per heavy atom. The molecule has 0 atom stereocenters. The molecular weight excluding hydrogens is 323 g/mol. The van der Waals surface area contributed by atoms with Crippen molar-refractivity contribution in [1.29, 1.82) is 0 Å². The molecule has 0 aromatic heterocycles. The molecule has 0 unspecified atom stereocenters. The molecule has 0 aliphatic heterocycles. The Kier molecular flexibility index (Phi) is 6.07. The number of carbonyl (C=O) groups is 1. The molecule has 0 spiro atoms. The van der Waals surface area contributed by atoms with E-state index < -0.39 is 0 Å². The minimum absolute atomic E-state index is 0.337. The number of halogens is 2. The average molecular weight is 339 g/mol. The molecule has 0 saturated carbocycles. The highest BCUT2D eigenvalue weighted by Crippen LogP contribution is 2.25. The van der Waals surface area contributed by atoms with Gasteiger partial charge in [0.15, 0.2) is 0 Å². The van der Waals surface area contributed by atoms with Gasteiger partial charge in [-0.3, -0.25) is 0 Å². The van der Waals surface area contributed by atoms with Crippen LogP contribution in [0.3, 0.4) is 0 Å². The molecule has 0 aliphatic rings. The van der Waals surface area contributed by atoms with E-state index in [1.54, 1.807) is 25.3 Å². The van der Waals surface area contributed by atoms with Gasteiger partial charge in [0, 0.05) is 18.7 Å². The van der Waals surface area contributed by atoms with Gasteiger partial charge in [-0.15, -0.1) is 0 Å². The molecule has 2 rings (SSSR count). The summed E-state index contributed by atoms with van der Waals surface area (Å²) in [4.78, 5) is 11.9. The quantitative estimate of drug-likeness (QED) is 0.845. The van der Waals surface area contributed by atoms with E-state index in [-0.39, 0.29) is 6.03 Å². The van der Waals surface area contributed by atoms with Gasteiger partial charge in [0.25, 0.3) is 0 Å². The van der Waals surface area contributed by atoms with Crippen LogP contribution in [0.1, 0.15) is 11.1 Å². The lowest BCUT2D eigenvalue weighted by atomic mass is 10.1. The van der Waals surface area contributed by atoms with Gasteiger partial charge in [0.2, 0.25) is 0 Å². The summed E-state index contributed by atoms with van der Waals surface area (Å²) in [6.07, 6.45) is 0. The van der Waals surface area contributed by atoms with Gasteiger partial charge in [-0.1, -0.05) is 47.5 Å². The molecule has 2 amide bonds. The number of benzene rings is 2. The Labute approximate surface area is 139 Å². The summed E-state index contributed by atoms with van der Waals surface area (Å²) in [6.45, 7) is 0.902. The minimum atomic E-state index is -0.337. The number of hydrogen-bond acceptors (Lipinski definition) is 2. The third-order valence-electron chi connectivity index (χ3n) is 3.04. The normalized spacial score (nSPS) is 10.3. The summed E-state index contributed by atoms with van der Waals surface area (Å²) in [6, 6.07) is 12.3. The number of rotatable bonds is 5. The second kappa shape index (κ2) is 8.03. The fourth-order valence-corrected chi connectivity index (χ4v) is 2.41. The topological polar surface area (TPSA) is 50.4 Å². The van der Waals surface area contributed by atoms with Gasteiger partial charge < -0.3 is 15.4 Å². The maximum Gasteiger partial charge on any atom is 0.319 e. The molecule has 2 N–H and O–H groups in total. The summed E-state index contributed by atoms with van der Waals surface area (Å²) in [5.74, 6) is 0. The first-order valence-electron chi connectivity index (χ1n) is 6.66. The van der Waals surface area contributed by atoms with Crippen LogP contribution in [0.5, 0.6) is 0 Å². The minimum Gasteiger partial charge on any atom is -0.380 e. The fourth-order valence-electron chi connectivity index (χ4n) is 1.96. The number of carbonyl (C=O) groups excluding carboxylic acids is 1. The fraction of sp³-hybridized carbons (Fsp3) is 0.188. The van der Waals surface area contributed by atoms with E-state index in [1.165, 1.54) is 0 Å². The van der Waals surface area contributed by atoms with E-state index in [1.807, 2.05) is 24.3 Å². The zero-order valence-corrected chi connectivity index (χ0v) is 13.5. The molecule has 0 fully saturated rings. The number of methoxy groups -OCH3 is 1. The van der Waals surface area contributed by atoms with Crippen LogP contribution in [0.2, 0.25) is 10.0 Å². The zero-order chi connectivity index (χ0) is 15.9. The van der Waals surface area contributed by atoms with E-state index in [0.29, 0.717) is 28.9 Å². The molecule has 2 aromatic rings. The number of urea groups is 1. The van der Waals surface area contributed by atoms with Gasteiger partial charge in [-0.25, -0.2) is 4.79 Å². The monoisotopic (exact) mass is 338 g/mol. The molecule has 22 heavy (non-hydrogen) atoms. The first-order valence-corrected chi connectivity index (χ1v) is 7.41. The number of nitrogens with one attached hydrogen (secondary N) is 2. The van der Waals surface area contributed by atoms with Crippen molar-refractivity contribution >= 4 is 34.9 Å². The van der Waals surface area contributed by atoms with Gasteiger partial charge >= 0.3 is 6.03 Å². The second-order valence-corrected chi connectivity index (χ2v) is 5.48. The predicted molar refractivity (Wildman–Crippen MR) is 89.5 cm³/mol. The number of ether oxygens (including phenoxy) is 1. The molecule has 2 aromatic carbocycles. The van der Waals surface area contributed by atoms with E-state index in [9.17, 15) is 4.79 Å². The maximum atomic E-state index is 11.9. The molecular formula is C16H16Cl2N2O2. The van der Waals surface area contributed by atoms with Crippen molar-refractivity contribution in [2.45, 2.75) is 13.2 Å². The third kappa shape index (κ3) is 4.63. The Hall–Kier alpha value is -1.75. The summed E-state index contributed by atoms with van der Waals surface area (Å²) in [7, 11) is 1.64. The lowest BCUT2D eigenvalue weighted by Gasteiger charge is -2.12. The van der Waals surface area contributed by atoms with E-state index >= 15 is 0 Å². The molecule has 116 valence electrons. The molecule has 0 bridgehead atoms. The number of hydrogen-bond donors (Lipinski definition) is 2. The largest absolute Gasteiger partial charge is 0.380 e. The van der Waals surface area contributed by atoms with Crippen molar-refractivity contribution in [1.82, 2.24) is 5.32 Å². The van der Waals surface area contributed by atoms with Gasteiger partial charge in [0.1, 0.15) is 0 Å². The van der Waals surface area contributed by atoms with Crippen molar-refractivity contribution in [3.63, 3.8) is 0 Å². The third-order valence-corrected chi connectivity index (χ3v) is 3.58. The lowest BCUT2D eigenvalue weighted by Crippen LogP contribution is -2.28. The van der Waals surface area contributed by atoms with Gasteiger partial charge in [0.05, 0.1) is 17.3 Å². The smallest absolute Gasteiger partial charge is 0.319 e. The first-order chi connectivity index (χ1) is 10.6. The Balaban J connectivity index is 1.95. The van der Waals surface area contributed by atoms with E-state index in [2.05, 4.69) is 10.6 Å². The highest BCUT2D eigenvalue weighted by molar-refractivity contribution is 6.36. The van der Waals surface area contributed by atoms with Crippen molar-refractivity contribution in [2.75, 3.05) is 12.4 Å². The van der Waals surface area contributed by atoms with Crippen molar-refractivity contribution in [3.05, 3.63) is 63.6 Å². The second-order valence-electron chi connectivity index (χ2n) is 4.63. The Morgan fingerprint density at radius 3 is 2.55 bits per heavy atom. The molecule has 0 saturated heterocycles. The first kappa shape index (κ1) is 16.6. The van der Waals surface area contributed by atoms with Crippen LogP contribution in [0.15, 0.2) is 42.5 Å². The van der Waals surface area contributed by atoms with Crippen molar-refractivity contribution < 1.29 is 9.53 Å². The highest BCUT2D eigenvalue weighted by Gasteiger charge is 2.07. The van der Waals surface area contributed by atoms with Crippen LogP contribution in [0.25, 0.3) is 0 Å². The summed E-state index contributed by atoms with van der Waals surface area (Å²) >= 11 is 11.8. The standard InChI is InChI=1S/C16H16Cl2N2O2/c1-22-10-12-5-3-2-4-11(12)9-19-16(21)20-15-7-6-13(17)8-14(15)18/h2-8H,9-10H2,1H3,(H2,19,20,21). The summed E-state index contributed by atoms with van der Waals surface area (Å²) in [5, 5.41) is 6.39. The van der Waals surface area contributed by atoms with Gasteiger partial charge in [-0.05, 0) is 29.3 Å². The molecule has 0 radical (unpaired) electrons. The van der Waals surface area contributed by atoms with Crippen LogP contribution in [0.4, 0.5) is 10.5 Å².